The zero-order valence-electron chi connectivity index (χ0n) is 14.4. The van der Waals surface area contributed by atoms with Crippen LogP contribution in [-0.4, -0.2) is 9.97 Å². The third-order valence-electron chi connectivity index (χ3n) is 3.91. The Morgan fingerprint density at radius 2 is 1.68 bits per heavy atom. The molecule has 0 radical (unpaired) electrons. The largest absolute Gasteiger partial charge is 0.350 e. The Labute approximate surface area is 153 Å². The Kier molecular flexibility index (Phi) is 5.51. The smallest absolute Gasteiger partial charge is 0.225 e. The van der Waals surface area contributed by atoms with Crippen LogP contribution in [0.1, 0.15) is 23.7 Å². The molecule has 0 fully saturated rings. The second kappa shape index (κ2) is 7.99. The van der Waals surface area contributed by atoms with Crippen molar-refractivity contribution in [1.29, 1.82) is 0 Å². The number of nitrogens with zero attached hydrogens (tertiary/aromatic N) is 2. The van der Waals surface area contributed by atoms with E-state index in [1.165, 1.54) is 5.56 Å². The Morgan fingerprint density at radius 1 is 0.960 bits per heavy atom. The number of rotatable bonds is 6. The summed E-state index contributed by atoms with van der Waals surface area (Å²) >= 11 is 6.20. The van der Waals surface area contributed by atoms with Crippen molar-refractivity contribution < 1.29 is 0 Å². The van der Waals surface area contributed by atoms with Gasteiger partial charge in [0.25, 0.3) is 0 Å². The average molecular weight is 353 g/mol. The van der Waals surface area contributed by atoms with Crippen LogP contribution in [0.4, 0.5) is 17.5 Å². The summed E-state index contributed by atoms with van der Waals surface area (Å²) in [4.78, 5) is 9.03. The maximum Gasteiger partial charge on any atom is 0.225 e. The predicted octanol–water partition coefficient (Wildman–Crippen LogP) is 5.36. The molecule has 0 spiro atoms. The quantitative estimate of drug-likeness (QED) is 0.627. The minimum atomic E-state index is 0.577. The number of hydrogen-bond acceptors (Lipinski definition) is 4. The number of hydrogen-bond donors (Lipinski definition) is 2. The van der Waals surface area contributed by atoms with E-state index in [1.54, 1.807) is 0 Å². The van der Waals surface area contributed by atoms with Gasteiger partial charge in [-0.1, -0.05) is 54.9 Å². The molecule has 25 heavy (non-hydrogen) atoms. The van der Waals surface area contributed by atoms with E-state index in [-0.39, 0.29) is 0 Å². The first-order chi connectivity index (χ1) is 12.2. The monoisotopic (exact) mass is 352 g/mol. The fourth-order valence-electron chi connectivity index (χ4n) is 2.62. The van der Waals surface area contributed by atoms with Crippen LogP contribution in [0.3, 0.4) is 0 Å². The Hall–Kier alpha value is -2.59. The average Bonchev–Trinajstić information content (AvgIpc) is 2.61. The molecule has 0 saturated carbocycles. The number of aryl methyl sites for hydroxylation is 2. The van der Waals surface area contributed by atoms with E-state index in [0.717, 1.165) is 34.2 Å². The van der Waals surface area contributed by atoms with Gasteiger partial charge in [-0.05, 0) is 36.6 Å². The van der Waals surface area contributed by atoms with Gasteiger partial charge >= 0.3 is 0 Å². The van der Waals surface area contributed by atoms with Crippen molar-refractivity contribution >= 4 is 29.1 Å². The standard InChI is InChI=1S/C20H21ClN4/c1-3-15-8-5-7-11-18(15)24-19-12-14(2)23-20(25-19)22-13-16-9-4-6-10-17(16)21/h4-12H,3,13H2,1-2H3,(H2,22,23,24,25). The van der Waals surface area contributed by atoms with Crippen molar-refractivity contribution in [2.45, 2.75) is 26.8 Å². The topological polar surface area (TPSA) is 49.8 Å². The lowest BCUT2D eigenvalue weighted by Gasteiger charge is -2.12. The van der Waals surface area contributed by atoms with Gasteiger partial charge in [-0.15, -0.1) is 0 Å². The molecule has 1 aromatic heterocycles. The van der Waals surface area contributed by atoms with E-state index in [0.29, 0.717) is 12.5 Å². The summed E-state index contributed by atoms with van der Waals surface area (Å²) in [6.45, 7) is 4.68. The van der Waals surface area contributed by atoms with Crippen molar-refractivity contribution in [1.82, 2.24) is 9.97 Å². The van der Waals surface area contributed by atoms with Gasteiger partial charge in [-0.2, -0.15) is 4.98 Å². The second-order valence-corrected chi connectivity index (χ2v) is 6.21. The maximum atomic E-state index is 6.20. The summed E-state index contributed by atoms with van der Waals surface area (Å²) in [7, 11) is 0. The van der Waals surface area contributed by atoms with E-state index in [1.807, 2.05) is 49.4 Å². The van der Waals surface area contributed by atoms with Gasteiger partial charge in [0, 0.05) is 29.0 Å². The van der Waals surface area contributed by atoms with E-state index in [9.17, 15) is 0 Å². The molecule has 0 amide bonds. The predicted molar refractivity (Wildman–Crippen MR) is 105 cm³/mol. The van der Waals surface area contributed by atoms with Crippen LogP contribution in [0.2, 0.25) is 5.02 Å². The second-order valence-electron chi connectivity index (χ2n) is 5.80. The number of para-hydroxylation sites is 1. The molecule has 0 bridgehead atoms. The summed E-state index contributed by atoms with van der Waals surface area (Å²) in [5, 5.41) is 7.38. The van der Waals surface area contributed by atoms with Gasteiger partial charge in [0.05, 0.1) is 0 Å². The first-order valence-electron chi connectivity index (χ1n) is 8.33. The zero-order valence-corrected chi connectivity index (χ0v) is 15.1. The van der Waals surface area contributed by atoms with Crippen LogP contribution in [0.5, 0.6) is 0 Å². The molecule has 0 aliphatic carbocycles. The summed E-state index contributed by atoms with van der Waals surface area (Å²) in [6.07, 6.45) is 0.963. The SMILES string of the molecule is CCc1ccccc1Nc1cc(C)nc(NCc2ccccc2Cl)n1. The van der Waals surface area contributed by atoms with Gasteiger partial charge in [0.15, 0.2) is 0 Å². The molecule has 1 heterocycles. The molecular weight excluding hydrogens is 332 g/mol. The number of halogens is 1. The van der Waals surface area contributed by atoms with E-state index < -0.39 is 0 Å². The molecule has 0 unspecified atom stereocenters. The molecule has 5 heteroatoms. The number of anilines is 3. The molecule has 4 nitrogen and oxygen atoms in total. The Morgan fingerprint density at radius 3 is 2.44 bits per heavy atom. The summed E-state index contributed by atoms with van der Waals surface area (Å²) in [5.41, 5.74) is 4.23. The summed E-state index contributed by atoms with van der Waals surface area (Å²) in [6, 6.07) is 17.9. The van der Waals surface area contributed by atoms with Crippen LogP contribution in [-0.2, 0) is 13.0 Å². The van der Waals surface area contributed by atoms with Crippen LogP contribution >= 0.6 is 11.6 Å². The van der Waals surface area contributed by atoms with Crippen molar-refractivity contribution in [3.63, 3.8) is 0 Å². The van der Waals surface area contributed by atoms with E-state index in [2.05, 4.69) is 39.7 Å². The molecule has 3 aromatic rings. The number of nitrogens with one attached hydrogen (secondary N) is 2. The number of benzene rings is 2. The molecule has 3 rings (SSSR count). The first-order valence-corrected chi connectivity index (χ1v) is 8.71. The van der Waals surface area contributed by atoms with Gasteiger partial charge in [-0.25, -0.2) is 4.98 Å². The highest BCUT2D eigenvalue weighted by Crippen LogP contribution is 2.22. The highest BCUT2D eigenvalue weighted by atomic mass is 35.5. The highest BCUT2D eigenvalue weighted by Gasteiger charge is 2.06. The highest BCUT2D eigenvalue weighted by molar-refractivity contribution is 6.31. The molecule has 2 N–H and O–H groups in total. The van der Waals surface area contributed by atoms with Gasteiger partial charge < -0.3 is 10.6 Å². The maximum absolute atomic E-state index is 6.20. The lowest BCUT2D eigenvalue weighted by Crippen LogP contribution is -2.07. The lowest BCUT2D eigenvalue weighted by atomic mass is 10.1. The molecule has 128 valence electrons. The van der Waals surface area contributed by atoms with Crippen LogP contribution in [0.25, 0.3) is 0 Å². The molecule has 0 aliphatic rings. The van der Waals surface area contributed by atoms with Crippen molar-refractivity contribution in [3.05, 3.63) is 76.4 Å². The van der Waals surface area contributed by atoms with E-state index in [4.69, 9.17) is 11.6 Å². The molecule has 0 atom stereocenters. The number of aromatic nitrogens is 2. The van der Waals surface area contributed by atoms with Crippen molar-refractivity contribution in [2.75, 3.05) is 10.6 Å². The van der Waals surface area contributed by atoms with Crippen LogP contribution in [0, 0.1) is 6.92 Å². The van der Waals surface area contributed by atoms with Gasteiger partial charge in [-0.3, -0.25) is 0 Å². The third kappa shape index (κ3) is 4.48. The summed E-state index contributed by atoms with van der Waals surface area (Å²) < 4.78 is 0. The fourth-order valence-corrected chi connectivity index (χ4v) is 2.82. The summed E-state index contributed by atoms with van der Waals surface area (Å²) in [5.74, 6) is 1.35. The Bertz CT molecular complexity index is 864. The molecule has 2 aromatic carbocycles. The Balaban J connectivity index is 1.77. The first kappa shape index (κ1) is 17.2. The van der Waals surface area contributed by atoms with Gasteiger partial charge in [0.2, 0.25) is 5.95 Å². The minimum Gasteiger partial charge on any atom is -0.350 e. The van der Waals surface area contributed by atoms with Gasteiger partial charge in [0.1, 0.15) is 5.82 Å². The zero-order chi connectivity index (χ0) is 17.6. The van der Waals surface area contributed by atoms with E-state index >= 15 is 0 Å². The molecule has 0 saturated heterocycles. The normalized spacial score (nSPS) is 10.5. The minimum absolute atomic E-state index is 0.577. The van der Waals surface area contributed by atoms with Crippen molar-refractivity contribution in [2.24, 2.45) is 0 Å². The fraction of sp³-hybridized carbons (Fsp3) is 0.200. The molecule has 0 aliphatic heterocycles. The lowest BCUT2D eigenvalue weighted by molar-refractivity contribution is 1.03. The molecular formula is C20H21ClN4. The van der Waals surface area contributed by atoms with Crippen LogP contribution < -0.4 is 10.6 Å². The third-order valence-corrected chi connectivity index (χ3v) is 4.28. The van der Waals surface area contributed by atoms with Crippen LogP contribution in [0.15, 0.2) is 54.6 Å². The van der Waals surface area contributed by atoms with Crippen molar-refractivity contribution in [3.8, 4) is 0 Å².